The molecule has 1 aliphatic rings. The van der Waals surface area contributed by atoms with Crippen molar-refractivity contribution in [2.24, 2.45) is 0 Å². The molecule has 7 heteroatoms. The van der Waals surface area contributed by atoms with Crippen molar-refractivity contribution in [2.75, 3.05) is 13.1 Å². The highest BCUT2D eigenvalue weighted by molar-refractivity contribution is 7.14. The summed E-state index contributed by atoms with van der Waals surface area (Å²) in [6.07, 6.45) is 0.848. The molecule has 1 saturated heterocycles. The van der Waals surface area contributed by atoms with Crippen LogP contribution < -0.4 is 15.4 Å². The van der Waals surface area contributed by atoms with Gasteiger partial charge in [0.2, 0.25) is 0 Å². The van der Waals surface area contributed by atoms with Gasteiger partial charge in [-0.15, -0.1) is 11.3 Å². The largest absolute Gasteiger partial charge is 0.433 e. The lowest BCUT2D eigenvalue weighted by Gasteiger charge is -2.11. The molecule has 1 unspecified atom stereocenters. The third-order valence-corrected chi connectivity index (χ3v) is 3.67. The second-order valence-electron chi connectivity index (χ2n) is 4.09. The molecule has 18 heavy (non-hydrogen) atoms. The standard InChI is InChI=1S/C11H14F2N2O2S/c1-6-4-8(17-11(12)13)9(18-6)10(16)15-7-2-3-14-5-7/h4,7,11,14H,2-3,5H2,1H3,(H,15,16). The zero-order valence-corrected chi connectivity index (χ0v) is 10.7. The molecular weight excluding hydrogens is 262 g/mol. The van der Waals surface area contributed by atoms with Crippen LogP contribution in [0.5, 0.6) is 5.75 Å². The van der Waals surface area contributed by atoms with Crippen LogP contribution in [-0.2, 0) is 0 Å². The number of ether oxygens (including phenoxy) is 1. The number of alkyl halides is 2. The number of carbonyl (C=O) groups is 1. The van der Waals surface area contributed by atoms with Crippen LogP contribution >= 0.6 is 11.3 Å². The lowest BCUT2D eigenvalue weighted by Crippen LogP contribution is -2.36. The quantitative estimate of drug-likeness (QED) is 0.881. The van der Waals surface area contributed by atoms with Crippen LogP contribution in [0.4, 0.5) is 8.78 Å². The number of nitrogens with one attached hydrogen (secondary N) is 2. The molecule has 1 aliphatic heterocycles. The van der Waals surface area contributed by atoms with Crippen LogP contribution in [0.25, 0.3) is 0 Å². The highest BCUT2D eigenvalue weighted by atomic mass is 32.1. The van der Waals surface area contributed by atoms with Gasteiger partial charge in [0.25, 0.3) is 5.91 Å². The molecule has 2 heterocycles. The SMILES string of the molecule is Cc1cc(OC(F)F)c(C(=O)NC2CCNC2)s1. The average molecular weight is 276 g/mol. The van der Waals surface area contributed by atoms with Gasteiger partial charge >= 0.3 is 6.61 Å². The molecule has 0 spiro atoms. The van der Waals surface area contributed by atoms with Gasteiger partial charge in [-0.05, 0) is 26.0 Å². The van der Waals surface area contributed by atoms with E-state index in [1.165, 1.54) is 6.07 Å². The van der Waals surface area contributed by atoms with Crippen LogP contribution in [0.15, 0.2) is 6.07 Å². The summed E-state index contributed by atoms with van der Waals surface area (Å²) in [6.45, 7) is 0.394. The summed E-state index contributed by atoms with van der Waals surface area (Å²) in [7, 11) is 0. The van der Waals surface area contributed by atoms with Crippen molar-refractivity contribution in [1.82, 2.24) is 10.6 Å². The summed E-state index contributed by atoms with van der Waals surface area (Å²) in [6, 6.07) is 1.51. The number of hydrogen-bond acceptors (Lipinski definition) is 4. The van der Waals surface area contributed by atoms with E-state index in [2.05, 4.69) is 15.4 Å². The first kappa shape index (κ1) is 13.2. The molecule has 0 bridgehead atoms. The fourth-order valence-electron chi connectivity index (χ4n) is 1.86. The van der Waals surface area contributed by atoms with Crippen molar-refractivity contribution >= 4 is 17.2 Å². The number of hydrogen-bond donors (Lipinski definition) is 2. The average Bonchev–Trinajstić information content (AvgIpc) is 2.87. The summed E-state index contributed by atoms with van der Waals surface area (Å²) < 4.78 is 28.8. The van der Waals surface area contributed by atoms with E-state index in [9.17, 15) is 13.6 Å². The molecule has 1 amide bonds. The van der Waals surface area contributed by atoms with E-state index in [1.54, 1.807) is 6.92 Å². The Labute approximate surface area is 107 Å². The fraction of sp³-hybridized carbons (Fsp3) is 0.545. The maximum atomic E-state index is 12.2. The first-order valence-corrected chi connectivity index (χ1v) is 6.44. The topological polar surface area (TPSA) is 50.4 Å². The minimum Gasteiger partial charge on any atom is -0.433 e. The first-order valence-electron chi connectivity index (χ1n) is 5.63. The Morgan fingerprint density at radius 3 is 3.06 bits per heavy atom. The molecule has 1 atom stereocenters. The summed E-state index contributed by atoms with van der Waals surface area (Å²) in [4.78, 5) is 12.9. The third-order valence-electron chi connectivity index (χ3n) is 2.64. The number of thiophene rings is 1. The van der Waals surface area contributed by atoms with Gasteiger partial charge in [0.05, 0.1) is 0 Å². The summed E-state index contributed by atoms with van der Waals surface area (Å²) in [5.74, 6) is -0.395. The predicted molar refractivity (Wildman–Crippen MR) is 64.4 cm³/mol. The molecule has 0 aliphatic carbocycles. The zero-order valence-electron chi connectivity index (χ0n) is 9.83. The van der Waals surface area contributed by atoms with Crippen LogP contribution in [0.1, 0.15) is 21.0 Å². The number of amides is 1. The van der Waals surface area contributed by atoms with Crippen molar-refractivity contribution in [3.05, 3.63) is 15.8 Å². The lowest BCUT2D eigenvalue weighted by molar-refractivity contribution is -0.0498. The summed E-state index contributed by atoms with van der Waals surface area (Å²) in [5.41, 5.74) is 0. The zero-order chi connectivity index (χ0) is 13.1. The second-order valence-corrected chi connectivity index (χ2v) is 5.35. The Bertz CT molecular complexity index is 431. The number of halogens is 2. The van der Waals surface area contributed by atoms with Gasteiger partial charge in [-0.1, -0.05) is 0 Å². The van der Waals surface area contributed by atoms with Crippen molar-refractivity contribution in [3.8, 4) is 5.75 Å². The molecule has 0 radical (unpaired) electrons. The molecule has 1 aromatic heterocycles. The molecule has 100 valence electrons. The Balaban J connectivity index is 2.08. The van der Waals surface area contributed by atoms with Crippen molar-refractivity contribution in [2.45, 2.75) is 26.0 Å². The normalized spacial score (nSPS) is 19.2. The molecular formula is C11H14F2N2O2S. The van der Waals surface area contributed by atoms with Gasteiger partial charge in [-0.3, -0.25) is 4.79 Å². The van der Waals surface area contributed by atoms with Gasteiger partial charge in [-0.2, -0.15) is 8.78 Å². The minimum atomic E-state index is -2.92. The molecule has 4 nitrogen and oxygen atoms in total. The van der Waals surface area contributed by atoms with Gasteiger partial charge in [0.15, 0.2) is 0 Å². The van der Waals surface area contributed by atoms with Gasteiger partial charge < -0.3 is 15.4 Å². The third kappa shape index (κ3) is 3.17. The predicted octanol–water partition coefficient (Wildman–Crippen LogP) is 1.75. The molecule has 1 fully saturated rings. The van der Waals surface area contributed by atoms with E-state index >= 15 is 0 Å². The summed E-state index contributed by atoms with van der Waals surface area (Å²) >= 11 is 1.16. The Hall–Kier alpha value is -1.21. The van der Waals surface area contributed by atoms with E-state index in [0.717, 1.165) is 29.2 Å². The number of aryl methyl sites for hydroxylation is 1. The van der Waals surface area contributed by atoms with Crippen molar-refractivity contribution < 1.29 is 18.3 Å². The highest BCUT2D eigenvalue weighted by Crippen LogP contribution is 2.30. The van der Waals surface area contributed by atoms with Crippen LogP contribution in [0.3, 0.4) is 0 Å². The smallest absolute Gasteiger partial charge is 0.387 e. The minimum absolute atomic E-state index is 0.0454. The van der Waals surface area contributed by atoms with E-state index in [4.69, 9.17) is 0 Å². The van der Waals surface area contributed by atoms with E-state index < -0.39 is 6.61 Å². The van der Waals surface area contributed by atoms with Gasteiger partial charge in [0, 0.05) is 17.5 Å². The van der Waals surface area contributed by atoms with Crippen LogP contribution in [0.2, 0.25) is 0 Å². The van der Waals surface area contributed by atoms with E-state index in [-0.39, 0.29) is 22.6 Å². The molecule has 2 N–H and O–H groups in total. The van der Waals surface area contributed by atoms with Crippen molar-refractivity contribution in [3.63, 3.8) is 0 Å². The van der Waals surface area contributed by atoms with E-state index in [0.29, 0.717) is 6.54 Å². The maximum absolute atomic E-state index is 12.2. The monoisotopic (exact) mass is 276 g/mol. The van der Waals surface area contributed by atoms with Gasteiger partial charge in [0.1, 0.15) is 10.6 Å². The molecule has 0 aromatic carbocycles. The maximum Gasteiger partial charge on any atom is 0.387 e. The van der Waals surface area contributed by atoms with Crippen LogP contribution in [-0.4, -0.2) is 31.7 Å². The van der Waals surface area contributed by atoms with Crippen molar-refractivity contribution in [1.29, 1.82) is 0 Å². The number of carbonyl (C=O) groups excluding carboxylic acids is 1. The second kappa shape index (κ2) is 5.62. The highest BCUT2D eigenvalue weighted by Gasteiger charge is 2.23. The Morgan fingerprint density at radius 2 is 2.44 bits per heavy atom. The molecule has 0 saturated carbocycles. The molecule has 1 aromatic rings. The first-order chi connectivity index (χ1) is 8.56. The van der Waals surface area contributed by atoms with E-state index in [1.807, 2.05) is 0 Å². The lowest BCUT2D eigenvalue weighted by atomic mass is 10.2. The van der Waals surface area contributed by atoms with Gasteiger partial charge in [-0.25, -0.2) is 0 Å². The molecule has 2 rings (SSSR count). The fourth-order valence-corrected chi connectivity index (χ4v) is 2.71. The Kier molecular flexibility index (Phi) is 4.13. The summed E-state index contributed by atoms with van der Waals surface area (Å²) in [5, 5.41) is 5.92. The number of rotatable bonds is 4. The Morgan fingerprint density at radius 1 is 1.67 bits per heavy atom. The van der Waals surface area contributed by atoms with Crippen LogP contribution in [0, 0.1) is 6.92 Å².